The van der Waals surface area contributed by atoms with Crippen LogP contribution in [0.15, 0.2) is 148 Å². The van der Waals surface area contributed by atoms with Gasteiger partial charge < -0.3 is 14.1 Å². The van der Waals surface area contributed by atoms with Crippen LogP contribution in [-0.2, 0) is 16.2 Å². The van der Waals surface area contributed by atoms with Crippen LogP contribution in [0.25, 0.3) is 54.3 Å². The third kappa shape index (κ3) is 4.97. The molecule has 302 valence electrons. The van der Waals surface area contributed by atoms with Crippen molar-refractivity contribution in [2.75, 3.05) is 9.71 Å². The lowest BCUT2D eigenvalue weighted by atomic mass is 9.46. The lowest BCUT2D eigenvalue weighted by Gasteiger charge is -2.47. The Bertz CT molecular complexity index is 3400. The summed E-state index contributed by atoms with van der Waals surface area (Å²) in [4.78, 5) is 7.97. The average molecular weight is 839 g/mol. The molecular weight excluding hydrogens is 792 g/mol. The van der Waals surface area contributed by atoms with Crippen molar-refractivity contribution < 1.29 is 4.42 Å². The van der Waals surface area contributed by atoms with E-state index in [9.17, 15) is 0 Å². The molecule has 7 aromatic carbocycles. The molecule has 0 N–H and O–H groups in total. The van der Waals surface area contributed by atoms with E-state index in [0.29, 0.717) is 0 Å². The van der Waals surface area contributed by atoms with Crippen LogP contribution in [0.2, 0.25) is 0 Å². The van der Waals surface area contributed by atoms with Gasteiger partial charge in [0.2, 0.25) is 0 Å². The van der Waals surface area contributed by atoms with Crippen molar-refractivity contribution in [1.29, 1.82) is 0 Å². The predicted octanol–water partition coefficient (Wildman–Crippen LogP) is 15.3. The van der Waals surface area contributed by atoms with Crippen LogP contribution in [-0.4, -0.2) is 6.85 Å². The first-order valence-corrected chi connectivity index (χ1v) is 23.8. The van der Waals surface area contributed by atoms with Crippen LogP contribution in [0.1, 0.15) is 78.0 Å². The number of para-hydroxylation sites is 3. The Labute approximate surface area is 372 Å². The molecule has 4 aliphatic rings. The molecule has 3 aliphatic heterocycles. The molecule has 0 saturated heterocycles. The second-order valence-electron chi connectivity index (χ2n) is 20.3. The molecule has 0 atom stereocenters. The van der Waals surface area contributed by atoms with Crippen molar-refractivity contribution in [1.82, 2.24) is 0 Å². The summed E-state index contributed by atoms with van der Waals surface area (Å²) in [5, 5.41) is 3.65. The first-order valence-electron chi connectivity index (χ1n) is 22.2. The Kier molecular flexibility index (Phi) is 7.44. The highest BCUT2D eigenvalue weighted by atomic mass is 32.2. The molecule has 0 fully saturated rings. The van der Waals surface area contributed by atoms with E-state index in [2.05, 4.69) is 192 Å². The maximum atomic E-state index is 7.08. The quantitative estimate of drug-likeness (QED) is 0.162. The van der Waals surface area contributed by atoms with Gasteiger partial charge in [0, 0.05) is 63.5 Å². The summed E-state index contributed by atoms with van der Waals surface area (Å²) in [5.41, 5.74) is 18.8. The largest absolute Gasteiger partial charge is 0.455 e. The van der Waals surface area contributed by atoms with Crippen LogP contribution in [0, 0.1) is 0 Å². The van der Waals surface area contributed by atoms with Gasteiger partial charge in [-0.25, -0.2) is 0 Å². The number of benzene rings is 7. The molecule has 9 aromatic rings. The minimum Gasteiger partial charge on any atom is -0.455 e. The third-order valence-electron chi connectivity index (χ3n) is 14.6. The van der Waals surface area contributed by atoms with Crippen molar-refractivity contribution in [2.45, 2.75) is 87.3 Å². The van der Waals surface area contributed by atoms with Gasteiger partial charge in [-0.1, -0.05) is 139 Å². The van der Waals surface area contributed by atoms with Gasteiger partial charge in [-0.15, -0.1) is 11.3 Å². The predicted molar refractivity (Wildman–Crippen MR) is 266 cm³/mol. The van der Waals surface area contributed by atoms with Crippen molar-refractivity contribution >= 4 is 101 Å². The zero-order valence-electron chi connectivity index (χ0n) is 36.3. The van der Waals surface area contributed by atoms with Gasteiger partial charge in [0.15, 0.2) is 0 Å². The van der Waals surface area contributed by atoms with Gasteiger partial charge >= 0.3 is 6.85 Å². The summed E-state index contributed by atoms with van der Waals surface area (Å²) >= 11 is 3.90. The van der Waals surface area contributed by atoms with Crippen molar-refractivity contribution in [3.8, 4) is 22.3 Å². The first-order chi connectivity index (χ1) is 29.9. The number of fused-ring (bicyclic) bond motifs is 13. The fourth-order valence-corrected chi connectivity index (χ4v) is 13.7. The van der Waals surface area contributed by atoms with Crippen LogP contribution in [0.3, 0.4) is 0 Å². The molecule has 0 amide bonds. The van der Waals surface area contributed by atoms with E-state index in [4.69, 9.17) is 4.42 Å². The lowest BCUT2D eigenvalue weighted by Crippen LogP contribution is -2.61. The van der Waals surface area contributed by atoms with Crippen molar-refractivity contribution in [2.24, 2.45) is 0 Å². The molecule has 0 radical (unpaired) electrons. The monoisotopic (exact) mass is 838 g/mol. The number of anilines is 5. The van der Waals surface area contributed by atoms with E-state index >= 15 is 0 Å². The topological polar surface area (TPSA) is 19.6 Å². The van der Waals surface area contributed by atoms with Gasteiger partial charge in [0.1, 0.15) is 11.2 Å². The minimum absolute atomic E-state index is 0.0262. The van der Waals surface area contributed by atoms with Gasteiger partial charge in [0.25, 0.3) is 0 Å². The highest BCUT2D eigenvalue weighted by Gasteiger charge is 2.51. The fraction of sp³-hybridized carbons (Fsp3) is 0.214. The maximum Gasteiger partial charge on any atom is 0.343 e. The van der Waals surface area contributed by atoms with Gasteiger partial charge in [-0.05, 0) is 111 Å². The number of furan rings is 1. The summed E-state index contributed by atoms with van der Waals surface area (Å²) in [7, 11) is 0. The fourth-order valence-electron chi connectivity index (χ4n) is 11.3. The second-order valence-corrected chi connectivity index (χ2v) is 22.5. The highest BCUT2D eigenvalue weighted by molar-refractivity contribution is 7.99. The summed E-state index contributed by atoms with van der Waals surface area (Å²) < 4.78 is 9.82. The molecule has 0 spiro atoms. The molecule has 62 heavy (non-hydrogen) atoms. The van der Waals surface area contributed by atoms with Gasteiger partial charge in [-0.3, -0.25) is 0 Å². The van der Waals surface area contributed by atoms with Crippen LogP contribution in [0.4, 0.5) is 28.4 Å². The Hall–Kier alpha value is -5.69. The highest BCUT2D eigenvalue weighted by Crippen LogP contribution is 2.59. The van der Waals surface area contributed by atoms with E-state index in [1.54, 1.807) is 0 Å². The normalized spacial score (nSPS) is 16.6. The number of hydrogen-bond acceptors (Lipinski definition) is 5. The SMILES string of the molecule is CC(C)(C)c1ccc(N2c3cc4c(oc5ccccc54)c4c3B(c3sc5cc6c(cc5c32)C(C)(C)CCC6(C)C)N2c3ccccc3Sc3cccc-4c32)c(-c2ccccc2)c1. The average Bonchev–Trinajstić information content (AvgIpc) is 3.84. The molecule has 6 heteroatoms. The van der Waals surface area contributed by atoms with E-state index in [-0.39, 0.29) is 23.1 Å². The van der Waals surface area contributed by atoms with Crippen molar-refractivity contribution in [3.63, 3.8) is 0 Å². The Balaban J connectivity index is 1.24. The molecule has 0 saturated carbocycles. The first kappa shape index (κ1) is 36.9. The maximum absolute atomic E-state index is 7.08. The van der Waals surface area contributed by atoms with Gasteiger partial charge in [0.05, 0.1) is 17.1 Å². The zero-order chi connectivity index (χ0) is 42.0. The Morgan fingerprint density at radius 1 is 0.613 bits per heavy atom. The third-order valence-corrected chi connectivity index (χ3v) is 16.9. The smallest absolute Gasteiger partial charge is 0.343 e. The summed E-state index contributed by atoms with van der Waals surface area (Å²) in [6.45, 7) is 16.7. The molecule has 3 nitrogen and oxygen atoms in total. The molecule has 5 heterocycles. The van der Waals surface area contributed by atoms with Gasteiger partial charge in [-0.2, -0.15) is 0 Å². The molecule has 0 bridgehead atoms. The second kappa shape index (κ2) is 12.5. The van der Waals surface area contributed by atoms with Crippen LogP contribution < -0.4 is 20.0 Å². The molecule has 2 aromatic heterocycles. The van der Waals surface area contributed by atoms with Crippen LogP contribution >= 0.6 is 23.1 Å². The summed E-state index contributed by atoms with van der Waals surface area (Å²) in [6, 6.07) is 50.6. The minimum atomic E-state index is -0.0796. The van der Waals surface area contributed by atoms with Crippen molar-refractivity contribution in [3.05, 3.63) is 150 Å². The number of thiophene rings is 1. The molecule has 13 rings (SSSR count). The van der Waals surface area contributed by atoms with E-state index in [1.807, 2.05) is 23.1 Å². The Morgan fingerprint density at radius 2 is 1.34 bits per heavy atom. The standard InChI is InChI=1S/C56H47BN2OS2/c1-54(2,3)33-24-25-41(36(28-33)32-16-9-8-10-17-32)58-43-30-37-34-18-11-13-21-44(34)60-52(37)48-35-19-15-23-46-50(35)59(42-20-12-14-22-45(42)61-46)57(49(43)48)53-51(58)38-29-39-40(31-47(38)62-53)56(6,7)27-26-55(39,4)5/h8-25,28-31H,26-27H2,1-7H3. The summed E-state index contributed by atoms with van der Waals surface area (Å²) in [6.07, 6.45) is 2.35. The zero-order valence-corrected chi connectivity index (χ0v) is 37.9. The Morgan fingerprint density at radius 3 is 2.15 bits per heavy atom. The summed E-state index contributed by atoms with van der Waals surface area (Å²) in [5.74, 6) is 0. The lowest BCUT2D eigenvalue weighted by molar-refractivity contribution is 0.332. The number of hydrogen-bond donors (Lipinski definition) is 0. The molecule has 0 unspecified atom stereocenters. The van der Waals surface area contributed by atoms with E-state index in [0.717, 1.165) is 21.9 Å². The van der Waals surface area contributed by atoms with E-state index in [1.165, 1.54) is 110 Å². The van der Waals surface area contributed by atoms with Crippen LogP contribution in [0.5, 0.6) is 0 Å². The molecular formula is C56H47BN2OS2. The molecule has 1 aliphatic carbocycles. The number of rotatable bonds is 2. The number of nitrogens with zero attached hydrogens (tertiary/aromatic N) is 2. The van der Waals surface area contributed by atoms with E-state index < -0.39 is 0 Å².